The minimum absolute atomic E-state index is 0. The maximum atomic E-state index is 6.29. The zero-order chi connectivity index (χ0) is 21.3. The first-order valence-corrected chi connectivity index (χ1v) is 11.0. The molecular formula is C24H25Cl4NO2. The number of hydrogen-bond donors (Lipinski definition) is 1. The van der Waals surface area contributed by atoms with E-state index in [1.807, 2.05) is 55.5 Å². The molecule has 0 aliphatic heterocycles. The van der Waals surface area contributed by atoms with E-state index in [1.165, 1.54) is 5.56 Å². The van der Waals surface area contributed by atoms with E-state index in [4.69, 9.17) is 44.3 Å². The summed E-state index contributed by atoms with van der Waals surface area (Å²) in [6.07, 6.45) is 0.916. The SMILES string of the molecule is CCOc1cccc(CNCCc2ccc(Cl)cc2)c1OCc1ccc(Cl)cc1Cl.Cl. The maximum absolute atomic E-state index is 6.29. The molecule has 0 atom stereocenters. The van der Waals surface area contributed by atoms with E-state index in [9.17, 15) is 0 Å². The Morgan fingerprint density at radius 3 is 2.29 bits per heavy atom. The zero-order valence-corrected chi connectivity index (χ0v) is 20.3. The molecule has 0 saturated heterocycles. The standard InChI is InChI=1S/C24H24Cl3NO2.ClH/c1-2-29-23-5-3-4-18(15-28-13-12-17-6-9-20(25)10-7-17)24(23)30-16-19-8-11-21(26)14-22(19)27;/h3-11,14,28H,2,12-13,15-16H2,1H3;1H. The molecule has 166 valence electrons. The number of rotatable bonds is 10. The summed E-state index contributed by atoms with van der Waals surface area (Å²) in [6, 6.07) is 19.2. The van der Waals surface area contributed by atoms with E-state index >= 15 is 0 Å². The summed E-state index contributed by atoms with van der Waals surface area (Å²) in [5.74, 6) is 1.45. The predicted octanol–water partition coefficient (Wildman–Crippen LogP) is 7.38. The van der Waals surface area contributed by atoms with Crippen molar-refractivity contribution in [1.82, 2.24) is 5.32 Å². The van der Waals surface area contributed by atoms with Gasteiger partial charge in [-0.25, -0.2) is 0 Å². The summed E-state index contributed by atoms with van der Waals surface area (Å²) in [6.45, 7) is 4.35. The van der Waals surface area contributed by atoms with E-state index in [0.717, 1.165) is 40.6 Å². The highest BCUT2D eigenvalue weighted by Gasteiger charge is 2.12. The van der Waals surface area contributed by atoms with Crippen molar-refractivity contribution in [2.45, 2.75) is 26.5 Å². The molecule has 0 radical (unpaired) electrons. The second kappa shape index (κ2) is 13.0. The number of hydrogen-bond acceptors (Lipinski definition) is 3. The van der Waals surface area contributed by atoms with Crippen molar-refractivity contribution in [3.63, 3.8) is 0 Å². The van der Waals surface area contributed by atoms with Crippen LogP contribution in [0.5, 0.6) is 11.5 Å². The molecule has 0 spiro atoms. The first-order chi connectivity index (χ1) is 14.6. The number of para-hydroxylation sites is 1. The third kappa shape index (κ3) is 7.78. The summed E-state index contributed by atoms with van der Waals surface area (Å²) in [4.78, 5) is 0. The van der Waals surface area contributed by atoms with Gasteiger partial charge in [-0.15, -0.1) is 12.4 Å². The lowest BCUT2D eigenvalue weighted by molar-refractivity contribution is 0.266. The zero-order valence-electron chi connectivity index (χ0n) is 17.2. The molecule has 31 heavy (non-hydrogen) atoms. The molecule has 0 aliphatic rings. The molecule has 0 fully saturated rings. The fourth-order valence-corrected chi connectivity index (χ4v) is 3.62. The molecular weight excluding hydrogens is 476 g/mol. The number of benzene rings is 3. The van der Waals surface area contributed by atoms with Gasteiger partial charge in [0.1, 0.15) is 6.61 Å². The highest BCUT2D eigenvalue weighted by molar-refractivity contribution is 6.35. The largest absolute Gasteiger partial charge is 0.490 e. The van der Waals surface area contributed by atoms with Gasteiger partial charge in [0, 0.05) is 32.7 Å². The van der Waals surface area contributed by atoms with Gasteiger partial charge in [0.25, 0.3) is 0 Å². The van der Waals surface area contributed by atoms with Crippen molar-refractivity contribution in [1.29, 1.82) is 0 Å². The smallest absolute Gasteiger partial charge is 0.166 e. The van der Waals surface area contributed by atoms with Crippen molar-refractivity contribution in [2.75, 3.05) is 13.2 Å². The first-order valence-electron chi connectivity index (χ1n) is 9.83. The third-order valence-electron chi connectivity index (χ3n) is 4.57. The summed E-state index contributed by atoms with van der Waals surface area (Å²) in [7, 11) is 0. The van der Waals surface area contributed by atoms with Crippen molar-refractivity contribution in [3.8, 4) is 11.5 Å². The molecule has 3 aromatic rings. The summed E-state index contributed by atoms with van der Waals surface area (Å²) in [5.41, 5.74) is 3.14. The number of halogens is 4. The topological polar surface area (TPSA) is 30.5 Å². The van der Waals surface area contributed by atoms with Crippen LogP contribution in [0, 0.1) is 0 Å². The van der Waals surface area contributed by atoms with Crippen LogP contribution >= 0.6 is 47.2 Å². The fraction of sp³-hybridized carbons (Fsp3) is 0.250. The van der Waals surface area contributed by atoms with Crippen LogP contribution in [0.1, 0.15) is 23.6 Å². The molecule has 3 nitrogen and oxygen atoms in total. The molecule has 0 amide bonds. The molecule has 0 aromatic heterocycles. The van der Waals surface area contributed by atoms with Crippen LogP contribution in [-0.4, -0.2) is 13.2 Å². The van der Waals surface area contributed by atoms with Crippen LogP contribution in [0.3, 0.4) is 0 Å². The van der Waals surface area contributed by atoms with Crippen LogP contribution in [0.4, 0.5) is 0 Å². The van der Waals surface area contributed by atoms with Gasteiger partial charge < -0.3 is 14.8 Å². The molecule has 7 heteroatoms. The van der Waals surface area contributed by atoms with Gasteiger partial charge in [-0.3, -0.25) is 0 Å². The minimum atomic E-state index is 0. The molecule has 1 N–H and O–H groups in total. The van der Waals surface area contributed by atoms with E-state index in [0.29, 0.717) is 29.8 Å². The van der Waals surface area contributed by atoms with Crippen molar-refractivity contribution >= 4 is 47.2 Å². The lowest BCUT2D eigenvalue weighted by Gasteiger charge is -2.17. The molecule has 0 unspecified atom stereocenters. The van der Waals surface area contributed by atoms with E-state index in [-0.39, 0.29) is 12.4 Å². The average molecular weight is 501 g/mol. The van der Waals surface area contributed by atoms with Gasteiger partial charge in [0.05, 0.1) is 6.61 Å². The van der Waals surface area contributed by atoms with Crippen LogP contribution in [-0.2, 0) is 19.6 Å². The molecule has 0 aliphatic carbocycles. The average Bonchev–Trinajstić information content (AvgIpc) is 2.73. The van der Waals surface area contributed by atoms with E-state index in [2.05, 4.69) is 5.32 Å². The number of nitrogens with one attached hydrogen (secondary N) is 1. The first kappa shape index (κ1) is 25.6. The minimum Gasteiger partial charge on any atom is -0.490 e. The Hall–Kier alpha value is -1.62. The second-order valence-electron chi connectivity index (χ2n) is 6.76. The highest BCUT2D eigenvalue weighted by Crippen LogP contribution is 2.33. The third-order valence-corrected chi connectivity index (χ3v) is 5.41. The molecule has 0 saturated carbocycles. The normalized spacial score (nSPS) is 10.5. The van der Waals surface area contributed by atoms with Crippen molar-refractivity contribution in [3.05, 3.63) is 92.4 Å². The van der Waals surface area contributed by atoms with Gasteiger partial charge in [0.15, 0.2) is 11.5 Å². The predicted molar refractivity (Wildman–Crippen MR) is 133 cm³/mol. The lowest BCUT2D eigenvalue weighted by atomic mass is 10.1. The Morgan fingerprint density at radius 2 is 1.58 bits per heavy atom. The van der Waals surface area contributed by atoms with Crippen LogP contribution < -0.4 is 14.8 Å². The quantitative estimate of drug-likeness (QED) is 0.294. The maximum Gasteiger partial charge on any atom is 0.166 e. The Bertz CT molecular complexity index is 964. The molecule has 3 rings (SSSR count). The fourth-order valence-electron chi connectivity index (χ4n) is 3.03. The number of ether oxygens (including phenoxy) is 2. The summed E-state index contributed by atoms with van der Waals surface area (Å²) >= 11 is 18.2. The monoisotopic (exact) mass is 499 g/mol. The Morgan fingerprint density at radius 1 is 0.839 bits per heavy atom. The summed E-state index contributed by atoms with van der Waals surface area (Å²) in [5, 5.41) is 5.41. The molecule has 0 heterocycles. The van der Waals surface area contributed by atoms with Crippen molar-refractivity contribution < 1.29 is 9.47 Å². The van der Waals surface area contributed by atoms with Gasteiger partial charge >= 0.3 is 0 Å². The summed E-state index contributed by atoms with van der Waals surface area (Å²) < 4.78 is 11.9. The van der Waals surface area contributed by atoms with Crippen LogP contribution in [0.2, 0.25) is 15.1 Å². The van der Waals surface area contributed by atoms with E-state index < -0.39 is 0 Å². The highest BCUT2D eigenvalue weighted by atomic mass is 35.5. The van der Waals surface area contributed by atoms with Crippen LogP contribution in [0.15, 0.2) is 60.7 Å². The lowest BCUT2D eigenvalue weighted by Crippen LogP contribution is -2.17. The second-order valence-corrected chi connectivity index (χ2v) is 8.04. The molecule has 0 bridgehead atoms. The van der Waals surface area contributed by atoms with Gasteiger partial charge in [0.2, 0.25) is 0 Å². The van der Waals surface area contributed by atoms with Crippen molar-refractivity contribution in [2.24, 2.45) is 0 Å². The Kier molecular flexibility index (Phi) is 10.8. The Balaban J connectivity index is 0.00000341. The Labute approximate surface area is 205 Å². The van der Waals surface area contributed by atoms with E-state index in [1.54, 1.807) is 12.1 Å². The van der Waals surface area contributed by atoms with Gasteiger partial charge in [-0.05, 0) is 55.8 Å². The van der Waals surface area contributed by atoms with Gasteiger partial charge in [-0.2, -0.15) is 0 Å². The van der Waals surface area contributed by atoms with Gasteiger partial charge in [-0.1, -0.05) is 65.1 Å². The van der Waals surface area contributed by atoms with Crippen LogP contribution in [0.25, 0.3) is 0 Å². The molecule has 3 aromatic carbocycles.